The number of rotatable bonds is 2. The summed E-state index contributed by atoms with van der Waals surface area (Å²) < 4.78 is 2.41. The van der Waals surface area contributed by atoms with Crippen molar-refractivity contribution in [2.45, 2.75) is 6.54 Å². The van der Waals surface area contributed by atoms with Gasteiger partial charge in [0.25, 0.3) is 0 Å². The van der Waals surface area contributed by atoms with E-state index in [1.165, 1.54) is 0 Å². The molecule has 0 aliphatic carbocycles. The van der Waals surface area contributed by atoms with Gasteiger partial charge in [-0.15, -0.1) is 0 Å². The van der Waals surface area contributed by atoms with Gasteiger partial charge in [-0.1, -0.05) is 6.07 Å². The minimum atomic E-state index is 0.410. The molecule has 0 aromatic carbocycles. The van der Waals surface area contributed by atoms with Crippen molar-refractivity contribution in [1.29, 1.82) is 5.26 Å². The van der Waals surface area contributed by atoms with Crippen molar-refractivity contribution >= 4 is 21.7 Å². The first kappa shape index (κ1) is 10.6. The van der Waals surface area contributed by atoms with Gasteiger partial charge < -0.3 is 5.73 Å². The highest BCUT2D eigenvalue weighted by atomic mass is 79.9. The third kappa shape index (κ3) is 2.04. The predicted molar refractivity (Wildman–Crippen MR) is 62.4 cm³/mol. The largest absolute Gasteiger partial charge is 0.381 e. The Labute approximate surface area is 101 Å². The number of nitriles is 1. The van der Waals surface area contributed by atoms with Gasteiger partial charge in [-0.25, -0.2) is 4.98 Å². The van der Waals surface area contributed by atoms with Crippen molar-refractivity contribution in [3.63, 3.8) is 0 Å². The van der Waals surface area contributed by atoms with E-state index in [-0.39, 0.29) is 0 Å². The maximum atomic E-state index is 8.88. The molecule has 0 aliphatic heterocycles. The fraction of sp³-hybridized carbons (Fsp3) is 0.100. The first-order valence-electron chi connectivity index (χ1n) is 4.53. The van der Waals surface area contributed by atoms with Crippen LogP contribution in [-0.4, -0.2) is 14.8 Å². The molecule has 2 aromatic heterocycles. The van der Waals surface area contributed by atoms with Crippen LogP contribution in [0.15, 0.2) is 29.0 Å². The van der Waals surface area contributed by atoms with Crippen LogP contribution in [0.4, 0.5) is 5.82 Å². The Kier molecular flexibility index (Phi) is 2.88. The molecule has 0 saturated carbocycles. The van der Waals surface area contributed by atoms with Crippen molar-refractivity contribution in [1.82, 2.24) is 14.8 Å². The van der Waals surface area contributed by atoms with E-state index in [1.807, 2.05) is 12.1 Å². The average Bonchev–Trinajstić information content (AvgIpc) is 2.59. The van der Waals surface area contributed by atoms with Gasteiger partial charge in [-0.05, 0) is 22.0 Å². The molecule has 2 rings (SSSR count). The average molecular weight is 278 g/mol. The normalized spacial score (nSPS) is 10.0. The van der Waals surface area contributed by atoms with Crippen molar-refractivity contribution in [3.8, 4) is 6.07 Å². The molecule has 16 heavy (non-hydrogen) atoms. The zero-order chi connectivity index (χ0) is 11.5. The van der Waals surface area contributed by atoms with E-state index in [0.717, 1.165) is 10.0 Å². The van der Waals surface area contributed by atoms with Crippen molar-refractivity contribution in [2.75, 3.05) is 5.73 Å². The van der Waals surface area contributed by atoms with Crippen molar-refractivity contribution in [2.24, 2.45) is 0 Å². The molecule has 0 spiro atoms. The summed E-state index contributed by atoms with van der Waals surface area (Å²) >= 11 is 3.28. The van der Waals surface area contributed by atoms with Gasteiger partial charge in [-0.2, -0.15) is 10.4 Å². The monoisotopic (exact) mass is 277 g/mol. The summed E-state index contributed by atoms with van der Waals surface area (Å²) in [4.78, 5) is 3.98. The molecular formula is C10H8BrN5. The molecule has 6 heteroatoms. The molecule has 0 radical (unpaired) electrons. The lowest BCUT2D eigenvalue weighted by molar-refractivity contribution is 0.686. The summed E-state index contributed by atoms with van der Waals surface area (Å²) in [6.45, 7) is 0.479. The smallest absolute Gasteiger partial charge is 0.159 e. The van der Waals surface area contributed by atoms with Gasteiger partial charge in [0.15, 0.2) is 5.82 Å². The van der Waals surface area contributed by atoms with E-state index >= 15 is 0 Å². The summed E-state index contributed by atoms with van der Waals surface area (Å²) in [5, 5.41) is 13.0. The lowest BCUT2D eigenvalue weighted by Gasteiger charge is -2.02. The number of nitrogens with two attached hydrogens (primary N) is 1. The Morgan fingerprint density at radius 1 is 1.56 bits per heavy atom. The number of hydrogen-bond donors (Lipinski definition) is 1. The highest BCUT2D eigenvalue weighted by molar-refractivity contribution is 9.10. The maximum Gasteiger partial charge on any atom is 0.159 e. The van der Waals surface area contributed by atoms with Gasteiger partial charge in [0, 0.05) is 18.0 Å². The SMILES string of the molecule is N#Cc1ncccc1Cn1cc(Br)c(N)n1. The minimum Gasteiger partial charge on any atom is -0.381 e. The Morgan fingerprint density at radius 2 is 2.38 bits per heavy atom. The molecule has 2 heterocycles. The number of nitrogens with zero attached hydrogens (tertiary/aromatic N) is 4. The maximum absolute atomic E-state index is 8.88. The van der Waals surface area contributed by atoms with Crippen molar-refractivity contribution in [3.05, 3.63) is 40.3 Å². The van der Waals surface area contributed by atoms with Crippen LogP contribution in [0.5, 0.6) is 0 Å². The lowest BCUT2D eigenvalue weighted by Crippen LogP contribution is -2.03. The fourth-order valence-corrected chi connectivity index (χ4v) is 1.65. The highest BCUT2D eigenvalue weighted by Crippen LogP contribution is 2.17. The van der Waals surface area contributed by atoms with Crippen LogP contribution < -0.4 is 5.73 Å². The van der Waals surface area contributed by atoms with Gasteiger partial charge in [-0.3, -0.25) is 4.68 Å². The Morgan fingerprint density at radius 3 is 3.00 bits per heavy atom. The van der Waals surface area contributed by atoms with E-state index in [0.29, 0.717) is 18.1 Å². The van der Waals surface area contributed by atoms with Crippen molar-refractivity contribution < 1.29 is 0 Å². The van der Waals surface area contributed by atoms with Crippen LogP contribution in [0.3, 0.4) is 0 Å². The number of anilines is 1. The van der Waals surface area contributed by atoms with Crippen LogP contribution in [0, 0.1) is 11.3 Å². The van der Waals surface area contributed by atoms with Crippen LogP contribution in [0.25, 0.3) is 0 Å². The second-order valence-electron chi connectivity index (χ2n) is 3.18. The molecule has 0 saturated heterocycles. The van der Waals surface area contributed by atoms with E-state index in [4.69, 9.17) is 11.0 Å². The standard InChI is InChI=1S/C10H8BrN5/c11-8-6-16(15-10(8)13)5-7-2-1-3-14-9(7)4-12/h1-3,6H,5H2,(H2,13,15). The van der Waals surface area contributed by atoms with Crippen LogP contribution in [0.1, 0.15) is 11.3 Å². The van der Waals surface area contributed by atoms with Crippen LogP contribution in [0.2, 0.25) is 0 Å². The quantitative estimate of drug-likeness (QED) is 0.903. The Bertz CT molecular complexity index is 535. The molecule has 0 atom stereocenters. The topological polar surface area (TPSA) is 80.5 Å². The highest BCUT2D eigenvalue weighted by Gasteiger charge is 2.06. The Hall–Kier alpha value is -1.87. The fourth-order valence-electron chi connectivity index (χ4n) is 1.33. The first-order valence-corrected chi connectivity index (χ1v) is 5.32. The van der Waals surface area contributed by atoms with E-state index < -0.39 is 0 Å². The molecular weight excluding hydrogens is 270 g/mol. The number of halogens is 1. The summed E-state index contributed by atoms with van der Waals surface area (Å²) in [5.41, 5.74) is 6.83. The second kappa shape index (κ2) is 4.33. The molecule has 2 aromatic rings. The molecule has 80 valence electrons. The zero-order valence-corrected chi connectivity index (χ0v) is 9.85. The van der Waals surface area contributed by atoms with Gasteiger partial charge in [0.05, 0.1) is 11.0 Å². The van der Waals surface area contributed by atoms with E-state index in [9.17, 15) is 0 Å². The lowest BCUT2D eigenvalue weighted by atomic mass is 10.2. The number of hydrogen-bond acceptors (Lipinski definition) is 4. The Balaban J connectivity index is 2.31. The van der Waals surface area contributed by atoms with Gasteiger partial charge in [0.1, 0.15) is 11.8 Å². The summed E-state index contributed by atoms with van der Waals surface area (Å²) in [7, 11) is 0. The van der Waals surface area contributed by atoms with Crippen LogP contribution >= 0.6 is 15.9 Å². The molecule has 0 fully saturated rings. The third-order valence-electron chi connectivity index (χ3n) is 2.07. The molecule has 0 aliphatic rings. The van der Waals surface area contributed by atoms with Gasteiger partial charge >= 0.3 is 0 Å². The molecule has 2 N–H and O–H groups in total. The molecule has 0 amide bonds. The summed E-state index contributed by atoms with van der Waals surface area (Å²) in [5.74, 6) is 0.433. The summed E-state index contributed by atoms with van der Waals surface area (Å²) in [6, 6.07) is 5.68. The predicted octanol–water partition coefficient (Wildman–Crippen LogP) is 1.54. The minimum absolute atomic E-state index is 0.410. The van der Waals surface area contributed by atoms with Crippen LogP contribution in [-0.2, 0) is 6.54 Å². The second-order valence-corrected chi connectivity index (χ2v) is 4.04. The molecule has 0 unspecified atom stereocenters. The number of aromatic nitrogens is 3. The molecule has 0 bridgehead atoms. The molecule has 5 nitrogen and oxygen atoms in total. The number of nitrogen functional groups attached to an aromatic ring is 1. The number of pyridine rings is 1. The van der Waals surface area contributed by atoms with Gasteiger partial charge in [0.2, 0.25) is 0 Å². The third-order valence-corrected chi connectivity index (χ3v) is 2.68. The van der Waals surface area contributed by atoms with E-state index in [1.54, 1.807) is 23.1 Å². The first-order chi connectivity index (χ1) is 7.70. The summed E-state index contributed by atoms with van der Waals surface area (Å²) in [6.07, 6.45) is 3.36. The zero-order valence-electron chi connectivity index (χ0n) is 8.26. The van der Waals surface area contributed by atoms with E-state index in [2.05, 4.69) is 26.0 Å².